The van der Waals surface area contributed by atoms with Gasteiger partial charge in [0.15, 0.2) is 0 Å². The van der Waals surface area contributed by atoms with Crippen LogP contribution in [0.4, 0.5) is 4.39 Å². The van der Waals surface area contributed by atoms with E-state index in [9.17, 15) is 4.39 Å². The fourth-order valence-corrected chi connectivity index (χ4v) is 3.90. The number of aromatic nitrogens is 2. The predicted octanol–water partition coefficient (Wildman–Crippen LogP) is 3.71. The normalized spacial score (nSPS) is 26.6. The fraction of sp³-hybridized carbons (Fsp3) is 0.467. The number of hydrogen-bond acceptors (Lipinski definition) is 4. The van der Waals surface area contributed by atoms with Crippen LogP contribution in [-0.4, -0.2) is 9.97 Å². The Hall–Kier alpha value is -1.33. The summed E-state index contributed by atoms with van der Waals surface area (Å²) in [5.74, 6) is 0.311. The molecule has 0 spiro atoms. The molecule has 5 heteroatoms. The van der Waals surface area contributed by atoms with Crippen molar-refractivity contribution in [2.45, 2.75) is 38.1 Å². The highest BCUT2D eigenvalue weighted by atomic mass is 32.1. The first-order chi connectivity index (χ1) is 9.57. The van der Waals surface area contributed by atoms with Gasteiger partial charge in [-0.15, -0.1) is 11.3 Å². The van der Waals surface area contributed by atoms with E-state index in [4.69, 9.17) is 5.73 Å². The Balaban J connectivity index is 1.88. The van der Waals surface area contributed by atoms with Crippen LogP contribution in [0.25, 0.3) is 11.4 Å². The van der Waals surface area contributed by atoms with E-state index in [0.29, 0.717) is 11.6 Å². The van der Waals surface area contributed by atoms with Crippen LogP contribution in [0.5, 0.6) is 0 Å². The maximum atomic E-state index is 12.9. The van der Waals surface area contributed by atoms with E-state index >= 15 is 0 Å². The molecule has 2 atom stereocenters. The molecule has 2 aromatic rings. The SMILES string of the molecule is CC1CCCC(N)(c2nc(-c3ccc(F)cn3)cs2)C1. The minimum atomic E-state index is -0.333. The molecule has 2 aromatic heterocycles. The first-order valence-corrected chi connectivity index (χ1v) is 7.82. The molecular weight excluding hydrogens is 273 g/mol. The van der Waals surface area contributed by atoms with Crippen LogP contribution in [0.3, 0.4) is 0 Å². The number of halogens is 1. The Morgan fingerprint density at radius 1 is 1.40 bits per heavy atom. The van der Waals surface area contributed by atoms with Gasteiger partial charge in [-0.25, -0.2) is 9.37 Å². The molecule has 1 aliphatic rings. The molecule has 0 bridgehead atoms. The molecule has 1 saturated carbocycles. The molecule has 0 aromatic carbocycles. The molecule has 2 N–H and O–H groups in total. The number of thiazole rings is 1. The Bertz CT molecular complexity index is 595. The van der Waals surface area contributed by atoms with Gasteiger partial charge in [-0.05, 0) is 30.9 Å². The molecule has 20 heavy (non-hydrogen) atoms. The van der Waals surface area contributed by atoms with Crippen LogP contribution in [0.15, 0.2) is 23.7 Å². The molecule has 106 valence electrons. The lowest BCUT2D eigenvalue weighted by Gasteiger charge is -2.35. The number of hydrogen-bond donors (Lipinski definition) is 1. The summed E-state index contributed by atoms with van der Waals surface area (Å²) in [7, 11) is 0. The highest BCUT2D eigenvalue weighted by Gasteiger charge is 2.35. The standard InChI is InChI=1S/C15H18FN3S/c1-10-3-2-6-15(17,7-10)14-19-13(9-20-14)12-5-4-11(16)8-18-12/h4-5,8-10H,2-3,6-7,17H2,1H3. The summed E-state index contributed by atoms with van der Waals surface area (Å²) in [5.41, 5.74) is 7.73. The number of nitrogens with zero attached hydrogens (tertiary/aromatic N) is 2. The minimum Gasteiger partial charge on any atom is -0.319 e. The van der Waals surface area contributed by atoms with E-state index < -0.39 is 0 Å². The average Bonchev–Trinajstić information content (AvgIpc) is 2.90. The molecule has 0 aliphatic heterocycles. The van der Waals surface area contributed by atoms with Gasteiger partial charge in [0.2, 0.25) is 0 Å². The summed E-state index contributed by atoms with van der Waals surface area (Å²) >= 11 is 1.59. The van der Waals surface area contributed by atoms with E-state index in [1.807, 2.05) is 5.38 Å². The van der Waals surface area contributed by atoms with Crippen molar-refractivity contribution in [1.82, 2.24) is 9.97 Å². The van der Waals surface area contributed by atoms with E-state index in [1.165, 1.54) is 18.7 Å². The van der Waals surface area contributed by atoms with Gasteiger partial charge in [0.25, 0.3) is 0 Å². The topological polar surface area (TPSA) is 51.8 Å². The average molecular weight is 291 g/mol. The molecule has 0 radical (unpaired) electrons. The van der Waals surface area contributed by atoms with Crippen LogP contribution in [0.2, 0.25) is 0 Å². The molecule has 2 unspecified atom stereocenters. The molecule has 0 amide bonds. The molecule has 1 aliphatic carbocycles. The lowest BCUT2D eigenvalue weighted by Crippen LogP contribution is -2.40. The van der Waals surface area contributed by atoms with Crippen molar-refractivity contribution >= 4 is 11.3 Å². The van der Waals surface area contributed by atoms with Crippen molar-refractivity contribution < 1.29 is 4.39 Å². The zero-order chi connectivity index (χ0) is 14.2. The Morgan fingerprint density at radius 3 is 2.95 bits per heavy atom. The molecule has 0 saturated heterocycles. The first kappa shape index (κ1) is 13.6. The van der Waals surface area contributed by atoms with Crippen LogP contribution < -0.4 is 5.73 Å². The molecule has 3 rings (SSSR count). The lowest BCUT2D eigenvalue weighted by molar-refractivity contribution is 0.238. The van der Waals surface area contributed by atoms with E-state index in [-0.39, 0.29) is 11.4 Å². The van der Waals surface area contributed by atoms with Crippen molar-refractivity contribution in [2.24, 2.45) is 11.7 Å². The maximum absolute atomic E-state index is 12.9. The second-order valence-electron chi connectivity index (χ2n) is 5.76. The van der Waals surface area contributed by atoms with Crippen LogP contribution in [0, 0.1) is 11.7 Å². The zero-order valence-corrected chi connectivity index (χ0v) is 12.3. The third-order valence-electron chi connectivity index (χ3n) is 3.95. The van der Waals surface area contributed by atoms with Crippen molar-refractivity contribution in [1.29, 1.82) is 0 Å². The van der Waals surface area contributed by atoms with Gasteiger partial charge in [-0.1, -0.05) is 19.8 Å². The van der Waals surface area contributed by atoms with E-state index in [1.54, 1.807) is 17.4 Å². The third-order valence-corrected chi connectivity index (χ3v) is 5.01. The molecule has 1 fully saturated rings. The summed E-state index contributed by atoms with van der Waals surface area (Å²) in [6, 6.07) is 3.06. The number of rotatable bonds is 2. The summed E-state index contributed by atoms with van der Waals surface area (Å²) in [4.78, 5) is 8.72. The highest BCUT2D eigenvalue weighted by Crippen LogP contribution is 2.39. The second-order valence-corrected chi connectivity index (χ2v) is 6.62. The summed E-state index contributed by atoms with van der Waals surface area (Å²) < 4.78 is 12.9. The second kappa shape index (κ2) is 5.22. The van der Waals surface area contributed by atoms with Gasteiger partial charge >= 0.3 is 0 Å². The van der Waals surface area contributed by atoms with Crippen molar-refractivity contribution in [3.05, 3.63) is 34.5 Å². The van der Waals surface area contributed by atoms with Gasteiger partial charge in [-0.2, -0.15) is 0 Å². The molecule has 3 nitrogen and oxygen atoms in total. The Morgan fingerprint density at radius 2 is 2.25 bits per heavy atom. The van der Waals surface area contributed by atoms with Gasteiger partial charge in [-0.3, -0.25) is 4.98 Å². The smallest absolute Gasteiger partial charge is 0.141 e. The molecular formula is C15H18FN3S. The fourth-order valence-electron chi connectivity index (χ4n) is 2.93. The van der Waals surface area contributed by atoms with Crippen LogP contribution >= 0.6 is 11.3 Å². The quantitative estimate of drug-likeness (QED) is 0.917. The van der Waals surface area contributed by atoms with Crippen molar-refractivity contribution in [3.63, 3.8) is 0 Å². The van der Waals surface area contributed by atoms with Crippen molar-refractivity contribution in [3.8, 4) is 11.4 Å². The van der Waals surface area contributed by atoms with E-state index in [0.717, 1.165) is 30.0 Å². The first-order valence-electron chi connectivity index (χ1n) is 6.94. The van der Waals surface area contributed by atoms with Gasteiger partial charge in [0.1, 0.15) is 10.8 Å². The predicted molar refractivity (Wildman–Crippen MR) is 78.8 cm³/mol. The van der Waals surface area contributed by atoms with Gasteiger partial charge < -0.3 is 5.73 Å². The number of nitrogens with two attached hydrogens (primary N) is 1. The monoisotopic (exact) mass is 291 g/mol. The molecule has 2 heterocycles. The zero-order valence-electron chi connectivity index (χ0n) is 11.5. The summed E-state index contributed by atoms with van der Waals surface area (Å²) in [6.45, 7) is 2.25. The Labute approximate surface area is 122 Å². The lowest BCUT2D eigenvalue weighted by atomic mass is 9.77. The van der Waals surface area contributed by atoms with Crippen LogP contribution in [0.1, 0.15) is 37.6 Å². The van der Waals surface area contributed by atoms with Gasteiger partial charge in [0, 0.05) is 5.38 Å². The van der Waals surface area contributed by atoms with E-state index in [2.05, 4.69) is 16.9 Å². The van der Waals surface area contributed by atoms with Crippen molar-refractivity contribution in [2.75, 3.05) is 0 Å². The summed E-state index contributed by atoms with van der Waals surface area (Å²) in [5, 5.41) is 2.94. The Kier molecular flexibility index (Phi) is 3.56. The highest BCUT2D eigenvalue weighted by molar-refractivity contribution is 7.10. The summed E-state index contributed by atoms with van der Waals surface area (Å²) in [6.07, 6.45) is 5.59. The minimum absolute atomic E-state index is 0.305. The van der Waals surface area contributed by atoms with Crippen LogP contribution in [-0.2, 0) is 5.54 Å². The maximum Gasteiger partial charge on any atom is 0.141 e. The van der Waals surface area contributed by atoms with Gasteiger partial charge in [0.05, 0.1) is 23.1 Å². The largest absolute Gasteiger partial charge is 0.319 e. The third kappa shape index (κ3) is 2.60. The number of pyridine rings is 1.